The number of para-hydroxylation sites is 2. The number of aromatic nitrogens is 2. The van der Waals surface area contributed by atoms with Crippen LogP contribution in [-0.2, 0) is 11.3 Å². The standard InChI is InChI=1S/C17H24N2O2S/c1-2-3-6-9-19-15-8-5-4-7-14(15)18-16(19)22-13-17(10-20)11-21-12-17/h4-5,7-8,20H,2-3,6,9-13H2,1H3. The van der Waals surface area contributed by atoms with Crippen LogP contribution in [0, 0.1) is 5.41 Å². The van der Waals surface area contributed by atoms with Crippen LogP contribution in [0.15, 0.2) is 29.4 Å². The highest BCUT2D eigenvalue weighted by Gasteiger charge is 2.38. The minimum Gasteiger partial charge on any atom is -0.396 e. The number of ether oxygens (including phenoxy) is 1. The Morgan fingerprint density at radius 3 is 2.82 bits per heavy atom. The molecule has 0 unspecified atom stereocenters. The van der Waals surface area contributed by atoms with Gasteiger partial charge >= 0.3 is 0 Å². The van der Waals surface area contributed by atoms with Crippen molar-refractivity contribution in [2.24, 2.45) is 5.41 Å². The van der Waals surface area contributed by atoms with Gasteiger partial charge in [0.05, 0.1) is 30.9 Å². The number of aliphatic hydroxyl groups excluding tert-OH is 1. The van der Waals surface area contributed by atoms with Crippen LogP contribution in [0.4, 0.5) is 0 Å². The van der Waals surface area contributed by atoms with E-state index in [4.69, 9.17) is 9.72 Å². The maximum absolute atomic E-state index is 9.58. The van der Waals surface area contributed by atoms with Gasteiger partial charge in [-0.15, -0.1) is 0 Å². The van der Waals surface area contributed by atoms with Gasteiger partial charge < -0.3 is 14.4 Å². The number of fused-ring (bicyclic) bond motifs is 1. The zero-order chi connectivity index (χ0) is 15.4. The second-order valence-electron chi connectivity index (χ2n) is 6.18. The van der Waals surface area contributed by atoms with Gasteiger partial charge in [-0.1, -0.05) is 43.7 Å². The molecule has 2 heterocycles. The molecule has 0 saturated carbocycles. The van der Waals surface area contributed by atoms with Gasteiger partial charge in [0.1, 0.15) is 0 Å². The fourth-order valence-electron chi connectivity index (χ4n) is 2.73. The van der Waals surface area contributed by atoms with Gasteiger partial charge in [0.15, 0.2) is 5.16 Å². The second kappa shape index (κ2) is 7.02. The van der Waals surface area contributed by atoms with Crippen LogP contribution in [0.3, 0.4) is 0 Å². The van der Waals surface area contributed by atoms with E-state index in [1.165, 1.54) is 24.8 Å². The number of nitrogens with zero attached hydrogens (tertiary/aromatic N) is 2. The minimum atomic E-state index is -0.0724. The number of thioether (sulfide) groups is 1. The predicted molar refractivity (Wildman–Crippen MR) is 90.3 cm³/mol. The van der Waals surface area contributed by atoms with Crippen LogP contribution in [0.1, 0.15) is 26.2 Å². The SMILES string of the molecule is CCCCCn1c(SCC2(CO)COC2)nc2ccccc21. The largest absolute Gasteiger partial charge is 0.396 e. The van der Waals surface area contributed by atoms with Crippen molar-refractivity contribution in [2.45, 2.75) is 37.9 Å². The minimum absolute atomic E-state index is 0.0724. The molecule has 1 aromatic heterocycles. The number of hydrogen-bond acceptors (Lipinski definition) is 4. The van der Waals surface area contributed by atoms with E-state index in [0.29, 0.717) is 13.2 Å². The maximum atomic E-state index is 9.58. The highest BCUT2D eigenvalue weighted by Crippen LogP contribution is 2.35. The summed E-state index contributed by atoms with van der Waals surface area (Å²) >= 11 is 1.75. The van der Waals surface area contributed by atoms with Crippen LogP contribution in [0.25, 0.3) is 11.0 Å². The Hall–Kier alpha value is -1.04. The molecule has 2 aromatic rings. The van der Waals surface area contributed by atoms with Gasteiger partial charge in [-0.05, 0) is 18.6 Å². The van der Waals surface area contributed by atoms with Crippen LogP contribution in [0.2, 0.25) is 0 Å². The third-order valence-corrected chi connectivity index (χ3v) is 5.59. The molecule has 0 amide bonds. The zero-order valence-electron chi connectivity index (χ0n) is 13.1. The molecule has 3 rings (SSSR count). The Balaban J connectivity index is 1.79. The van der Waals surface area contributed by atoms with E-state index in [0.717, 1.165) is 23.0 Å². The second-order valence-corrected chi connectivity index (χ2v) is 7.12. The van der Waals surface area contributed by atoms with Crippen molar-refractivity contribution in [3.8, 4) is 0 Å². The van der Waals surface area contributed by atoms with Crippen LogP contribution >= 0.6 is 11.8 Å². The van der Waals surface area contributed by atoms with Gasteiger partial charge in [-0.3, -0.25) is 0 Å². The zero-order valence-corrected chi connectivity index (χ0v) is 13.9. The molecule has 5 heteroatoms. The Labute approximate surface area is 135 Å². The molecule has 0 radical (unpaired) electrons. The van der Waals surface area contributed by atoms with Crippen molar-refractivity contribution >= 4 is 22.8 Å². The van der Waals surface area contributed by atoms with Crippen molar-refractivity contribution in [1.82, 2.24) is 9.55 Å². The van der Waals surface area contributed by atoms with E-state index in [-0.39, 0.29) is 12.0 Å². The first-order valence-electron chi connectivity index (χ1n) is 8.05. The average Bonchev–Trinajstić information content (AvgIpc) is 2.85. The molecule has 120 valence electrons. The van der Waals surface area contributed by atoms with Crippen LogP contribution < -0.4 is 0 Å². The Morgan fingerprint density at radius 1 is 1.32 bits per heavy atom. The van der Waals surface area contributed by atoms with Gasteiger partial charge in [0.2, 0.25) is 0 Å². The van der Waals surface area contributed by atoms with E-state index in [9.17, 15) is 5.11 Å². The molecule has 1 aliphatic rings. The van der Waals surface area contributed by atoms with E-state index >= 15 is 0 Å². The van der Waals surface area contributed by atoms with Crippen LogP contribution in [0.5, 0.6) is 0 Å². The molecular weight excluding hydrogens is 296 g/mol. The van der Waals surface area contributed by atoms with Gasteiger partial charge in [-0.25, -0.2) is 4.98 Å². The third kappa shape index (κ3) is 3.16. The summed E-state index contributed by atoms with van der Waals surface area (Å²) in [5, 5.41) is 10.6. The number of hydrogen-bond donors (Lipinski definition) is 1. The molecule has 0 aliphatic carbocycles. The van der Waals surface area contributed by atoms with E-state index < -0.39 is 0 Å². The molecule has 1 aromatic carbocycles. The summed E-state index contributed by atoms with van der Waals surface area (Å²) in [5.41, 5.74) is 2.20. The number of aryl methyl sites for hydroxylation is 1. The normalized spacial score (nSPS) is 16.8. The molecule has 1 saturated heterocycles. The quantitative estimate of drug-likeness (QED) is 0.599. The van der Waals surface area contributed by atoms with Crippen molar-refractivity contribution in [2.75, 3.05) is 25.6 Å². The highest BCUT2D eigenvalue weighted by molar-refractivity contribution is 7.99. The fraction of sp³-hybridized carbons (Fsp3) is 0.588. The van der Waals surface area contributed by atoms with E-state index in [1.807, 2.05) is 6.07 Å². The average molecular weight is 320 g/mol. The lowest BCUT2D eigenvalue weighted by Crippen LogP contribution is -2.47. The monoisotopic (exact) mass is 320 g/mol. The van der Waals surface area contributed by atoms with Gasteiger partial charge in [0, 0.05) is 17.7 Å². The number of unbranched alkanes of at least 4 members (excludes halogenated alkanes) is 2. The molecule has 0 spiro atoms. The number of aliphatic hydroxyl groups is 1. The summed E-state index contributed by atoms with van der Waals surface area (Å²) in [6.07, 6.45) is 3.64. The molecule has 0 bridgehead atoms. The van der Waals surface area contributed by atoms with Crippen molar-refractivity contribution in [3.05, 3.63) is 24.3 Å². The molecule has 0 atom stereocenters. The van der Waals surface area contributed by atoms with Gasteiger partial charge in [-0.2, -0.15) is 0 Å². The fourth-order valence-corrected chi connectivity index (χ4v) is 3.93. The Morgan fingerprint density at radius 2 is 2.14 bits per heavy atom. The summed E-state index contributed by atoms with van der Waals surface area (Å²) in [6, 6.07) is 8.33. The molecule has 22 heavy (non-hydrogen) atoms. The lowest BCUT2D eigenvalue weighted by molar-refractivity contribution is -0.121. The third-order valence-electron chi connectivity index (χ3n) is 4.26. The van der Waals surface area contributed by atoms with Crippen molar-refractivity contribution in [3.63, 3.8) is 0 Å². The molecule has 1 fully saturated rings. The Bertz CT molecular complexity index is 617. The number of rotatable bonds is 8. The first-order valence-corrected chi connectivity index (χ1v) is 9.03. The topological polar surface area (TPSA) is 47.3 Å². The summed E-state index contributed by atoms with van der Waals surface area (Å²) in [4.78, 5) is 4.79. The van der Waals surface area contributed by atoms with Gasteiger partial charge in [0.25, 0.3) is 0 Å². The van der Waals surface area contributed by atoms with E-state index in [1.54, 1.807) is 11.8 Å². The number of benzene rings is 1. The summed E-state index contributed by atoms with van der Waals surface area (Å²) in [6.45, 7) is 4.75. The summed E-state index contributed by atoms with van der Waals surface area (Å²) < 4.78 is 7.62. The first-order chi connectivity index (χ1) is 10.8. The Kier molecular flexibility index (Phi) is 5.06. The summed E-state index contributed by atoms with van der Waals surface area (Å²) in [7, 11) is 0. The molecule has 1 aliphatic heterocycles. The van der Waals surface area contributed by atoms with E-state index in [2.05, 4.69) is 29.7 Å². The first kappa shape index (κ1) is 15.8. The van der Waals surface area contributed by atoms with Crippen molar-refractivity contribution in [1.29, 1.82) is 0 Å². The number of imidazole rings is 1. The predicted octanol–water partition coefficient (Wildman–Crippen LogP) is 3.33. The van der Waals surface area contributed by atoms with Crippen molar-refractivity contribution < 1.29 is 9.84 Å². The molecular formula is C17H24N2O2S. The molecule has 4 nitrogen and oxygen atoms in total. The molecule has 1 N–H and O–H groups in total. The lowest BCUT2D eigenvalue weighted by Gasteiger charge is -2.39. The smallest absolute Gasteiger partial charge is 0.169 e. The van der Waals surface area contributed by atoms with Crippen LogP contribution in [-0.4, -0.2) is 40.2 Å². The summed E-state index contributed by atoms with van der Waals surface area (Å²) in [5.74, 6) is 0.862. The maximum Gasteiger partial charge on any atom is 0.169 e. The lowest BCUT2D eigenvalue weighted by atomic mass is 9.90. The highest BCUT2D eigenvalue weighted by atomic mass is 32.2.